The normalized spacial score (nSPS) is 12.2. The standard InChI is InChI=1S/C12H14Br2INO/c1-8(4-5-13)7-16-12(17)10-6-9(15)2-3-11(10)14/h2-3,6,8H,4-5,7H2,1H3,(H,16,17). The van der Waals surface area contributed by atoms with Crippen LogP contribution in [0.3, 0.4) is 0 Å². The highest BCUT2D eigenvalue weighted by Gasteiger charge is 2.11. The molecule has 0 bridgehead atoms. The molecule has 0 saturated carbocycles. The third kappa shape index (κ3) is 5.26. The number of alkyl halides is 1. The Morgan fingerprint density at radius 1 is 1.53 bits per heavy atom. The highest BCUT2D eigenvalue weighted by Crippen LogP contribution is 2.19. The number of carbonyl (C=O) groups excluding carboxylic acids is 1. The number of hydrogen-bond acceptors (Lipinski definition) is 1. The molecule has 0 aromatic heterocycles. The monoisotopic (exact) mass is 473 g/mol. The Labute approximate surface area is 132 Å². The van der Waals surface area contributed by atoms with Crippen LogP contribution in [0.2, 0.25) is 0 Å². The van der Waals surface area contributed by atoms with E-state index < -0.39 is 0 Å². The molecule has 1 N–H and O–H groups in total. The Hall–Kier alpha value is 0.380. The lowest BCUT2D eigenvalue weighted by Gasteiger charge is -2.12. The second kappa shape index (κ2) is 7.74. The van der Waals surface area contributed by atoms with Crippen molar-refractivity contribution in [1.29, 1.82) is 0 Å². The summed E-state index contributed by atoms with van der Waals surface area (Å²) in [7, 11) is 0. The largest absolute Gasteiger partial charge is 0.352 e. The van der Waals surface area contributed by atoms with Gasteiger partial charge in [-0.3, -0.25) is 4.79 Å². The second-order valence-corrected chi connectivity index (χ2v) is 6.81. The lowest BCUT2D eigenvalue weighted by Crippen LogP contribution is -2.28. The number of benzene rings is 1. The van der Waals surface area contributed by atoms with Crippen molar-refractivity contribution in [2.75, 3.05) is 11.9 Å². The fourth-order valence-electron chi connectivity index (χ4n) is 1.32. The zero-order chi connectivity index (χ0) is 12.8. The average Bonchev–Trinajstić information content (AvgIpc) is 2.29. The third-order valence-corrected chi connectivity index (χ3v) is 4.21. The van der Waals surface area contributed by atoms with Crippen molar-refractivity contribution < 1.29 is 4.79 Å². The Bertz CT molecular complexity index is 398. The number of nitrogens with one attached hydrogen (secondary N) is 1. The summed E-state index contributed by atoms with van der Waals surface area (Å²) in [5.41, 5.74) is 0.697. The summed E-state index contributed by atoms with van der Waals surface area (Å²) in [6, 6.07) is 5.75. The van der Waals surface area contributed by atoms with Crippen LogP contribution in [0.5, 0.6) is 0 Å². The van der Waals surface area contributed by atoms with Gasteiger partial charge in [0.1, 0.15) is 0 Å². The molecule has 0 heterocycles. The highest BCUT2D eigenvalue weighted by atomic mass is 127. The van der Waals surface area contributed by atoms with Gasteiger partial charge in [0.05, 0.1) is 5.56 Å². The molecule has 2 nitrogen and oxygen atoms in total. The number of carbonyl (C=O) groups is 1. The molecule has 1 aromatic rings. The van der Waals surface area contributed by atoms with Crippen LogP contribution in [-0.2, 0) is 0 Å². The molecule has 0 saturated heterocycles. The first-order chi connectivity index (χ1) is 8.04. The number of hydrogen-bond donors (Lipinski definition) is 1. The Morgan fingerprint density at radius 2 is 2.24 bits per heavy atom. The lowest BCUT2D eigenvalue weighted by atomic mass is 10.1. The Morgan fingerprint density at radius 3 is 2.88 bits per heavy atom. The minimum atomic E-state index is -0.0168. The summed E-state index contributed by atoms with van der Waals surface area (Å²) in [5, 5.41) is 3.93. The smallest absolute Gasteiger partial charge is 0.252 e. The van der Waals surface area contributed by atoms with Crippen LogP contribution >= 0.6 is 54.5 Å². The molecule has 0 fully saturated rings. The SMILES string of the molecule is CC(CCBr)CNC(=O)c1cc(I)ccc1Br. The molecule has 0 aliphatic heterocycles. The molecule has 1 amide bonds. The van der Waals surface area contributed by atoms with Crippen LogP contribution in [0.15, 0.2) is 22.7 Å². The molecule has 1 unspecified atom stereocenters. The van der Waals surface area contributed by atoms with E-state index in [0.717, 1.165) is 19.8 Å². The quantitative estimate of drug-likeness (QED) is 0.503. The van der Waals surface area contributed by atoms with Gasteiger partial charge in [0.15, 0.2) is 0 Å². The molecule has 0 spiro atoms. The van der Waals surface area contributed by atoms with Crippen LogP contribution in [-0.4, -0.2) is 17.8 Å². The number of rotatable bonds is 5. The van der Waals surface area contributed by atoms with E-state index in [4.69, 9.17) is 0 Å². The molecule has 0 radical (unpaired) electrons. The summed E-state index contributed by atoms with van der Waals surface area (Å²) in [6.45, 7) is 2.84. The van der Waals surface area contributed by atoms with Crippen molar-refractivity contribution in [3.63, 3.8) is 0 Å². The van der Waals surface area contributed by atoms with E-state index in [1.165, 1.54) is 0 Å². The van der Waals surface area contributed by atoms with E-state index in [1.807, 2.05) is 18.2 Å². The molecule has 0 aliphatic carbocycles. The van der Waals surface area contributed by atoms with Gasteiger partial charge in [-0.15, -0.1) is 0 Å². The summed E-state index contributed by atoms with van der Waals surface area (Å²) < 4.78 is 1.90. The van der Waals surface area contributed by atoms with E-state index in [1.54, 1.807) is 0 Å². The lowest BCUT2D eigenvalue weighted by molar-refractivity contribution is 0.0947. The summed E-state index contributed by atoms with van der Waals surface area (Å²) in [6.07, 6.45) is 1.06. The maximum atomic E-state index is 12.0. The van der Waals surface area contributed by atoms with Gasteiger partial charge in [-0.1, -0.05) is 22.9 Å². The Balaban J connectivity index is 2.61. The summed E-state index contributed by atoms with van der Waals surface area (Å²) in [5.74, 6) is 0.469. The predicted octanol–water partition coefficient (Wildman–Crippen LogP) is 4.20. The van der Waals surface area contributed by atoms with Crippen LogP contribution in [0.1, 0.15) is 23.7 Å². The Kier molecular flexibility index (Phi) is 7.02. The first-order valence-corrected chi connectivity index (χ1v) is 8.33. The van der Waals surface area contributed by atoms with Gasteiger partial charge >= 0.3 is 0 Å². The van der Waals surface area contributed by atoms with Crippen molar-refractivity contribution in [2.24, 2.45) is 5.92 Å². The van der Waals surface area contributed by atoms with Gasteiger partial charge in [0.25, 0.3) is 5.91 Å². The third-order valence-electron chi connectivity index (χ3n) is 2.39. The maximum absolute atomic E-state index is 12.0. The van der Waals surface area contributed by atoms with Gasteiger partial charge in [0.2, 0.25) is 0 Å². The number of halogens is 3. The van der Waals surface area contributed by atoms with E-state index in [-0.39, 0.29) is 5.91 Å². The molecule has 1 rings (SSSR count). The van der Waals surface area contributed by atoms with Crippen molar-refractivity contribution in [3.05, 3.63) is 31.8 Å². The minimum Gasteiger partial charge on any atom is -0.352 e. The van der Waals surface area contributed by atoms with E-state index in [2.05, 4.69) is 66.7 Å². The molecule has 17 heavy (non-hydrogen) atoms. The molecule has 94 valence electrons. The van der Waals surface area contributed by atoms with Crippen molar-refractivity contribution in [1.82, 2.24) is 5.32 Å². The van der Waals surface area contributed by atoms with E-state index >= 15 is 0 Å². The van der Waals surface area contributed by atoms with Gasteiger partial charge in [-0.05, 0) is 69.1 Å². The van der Waals surface area contributed by atoms with Crippen LogP contribution in [0, 0.1) is 9.49 Å². The molecule has 0 aliphatic rings. The van der Waals surface area contributed by atoms with Crippen molar-refractivity contribution in [3.8, 4) is 0 Å². The first-order valence-electron chi connectivity index (χ1n) is 5.33. The fourth-order valence-corrected chi connectivity index (χ4v) is 3.02. The van der Waals surface area contributed by atoms with Gasteiger partial charge in [0, 0.05) is 19.9 Å². The zero-order valence-electron chi connectivity index (χ0n) is 9.47. The minimum absolute atomic E-state index is 0.0168. The highest BCUT2D eigenvalue weighted by molar-refractivity contribution is 14.1. The molecule has 1 atom stereocenters. The van der Waals surface area contributed by atoms with Crippen molar-refractivity contribution in [2.45, 2.75) is 13.3 Å². The maximum Gasteiger partial charge on any atom is 0.252 e. The van der Waals surface area contributed by atoms with Gasteiger partial charge in [-0.2, -0.15) is 0 Å². The summed E-state index contributed by atoms with van der Waals surface area (Å²) in [4.78, 5) is 12.0. The topological polar surface area (TPSA) is 29.1 Å². The van der Waals surface area contributed by atoms with Gasteiger partial charge in [-0.25, -0.2) is 0 Å². The van der Waals surface area contributed by atoms with Crippen molar-refractivity contribution >= 4 is 60.4 Å². The molecular formula is C12H14Br2INO. The van der Waals surface area contributed by atoms with Gasteiger partial charge < -0.3 is 5.32 Å². The molecule has 5 heteroatoms. The predicted molar refractivity (Wildman–Crippen MR) is 86.8 cm³/mol. The molecular weight excluding hydrogens is 461 g/mol. The number of amides is 1. The van der Waals surface area contributed by atoms with E-state index in [0.29, 0.717) is 18.0 Å². The fraction of sp³-hybridized carbons (Fsp3) is 0.417. The zero-order valence-corrected chi connectivity index (χ0v) is 14.8. The van der Waals surface area contributed by atoms with Crippen LogP contribution in [0.4, 0.5) is 0 Å². The average molecular weight is 475 g/mol. The molecule has 1 aromatic carbocycles. The second-order valence-electron chi connectivity index (χ2n) is 3.92. The van der Waals surface area contributed by atoms with Crippen LogP contribution < -0.4 is 5.32 Å². The summed E-state index contributed by atoms with van der Waals surface area (Å²) >= 11 is 9.00. The van der Waals surface area contributed by atoms with Crippen LogP contribution in [0.25, 0.3) is 0 Å². The van der Waals surface area contributed by atoms with E-state index in [9.17, 15) is 4.79 Å². The first kappa shape index (κ1) is 15.4.